The number of hydrogen-bond donors (Lipinski definition) is 0. The Hall–Kier alpha value is -2.74. The van der Waals surface area contributed by atoms with E-state index in [0.29, 0.717) is 44.3 Å². The van der Waals surface area contributed by atoms with Crippen LogP contribution in [0.1, 0.15) is 62.2 Å². The summed E-state index contributed by atoms with van der Waals surface area (Å²) in [7, 11) is 0. The van der Waals surface area contributed by atoms with Crippen molar-refractivity contribution in [3.05, 3.63) is 51.2 Å². The molecule has 1 saturated heterocycles. The summed E-state index contributed by atoms with van der Waals surface area (Å²) in [4.78, 5) is 44.9. The Morgan fingerprint density at radius 1 is 1.05 bits per heavy atom. The van der Waals surface area contributed by atoms with Gasteiger partial charge in [-0.15, -0.1) is 11.8 Å². The number of carbonyl (C=O) groups excluding carboxylic acids is 2. The quantitative estimate of drug-likeness (QED) is 0.485. The summed E-state index contributed by atoms with van der Waals surface area (Å²) in [6.07, 6.45) is 10.2. The van der Waals surface area contributed by atoms with Gasteiger partial charge in [-0.2, -0.15) is 0 Å². The number of hydrogen-bond acceptors (Lipinski definition) is 6. The van der Waals surface area contributed by atoms with Gasteiger partial charge < -0.3 is 19.1 Å². The van der Waals surface area contributed by atoms with E-state index in [2.05, 4.69) is 4.90 Å². The smallest absolute Gasteiger partial charge is 0.345 e. The van der Waals surface area contributed by atoms with Gasteiger partial charge in [0.1, 0.15) is 5.56 Å². The number of amides is 1. The first-order chi connectivity index (χ1) is 18.1. The van der Waals surface area contributed by atoms with Crippen LogP contribution in [0, 0.1) is 5.92 Å². The number of thioether (sulfide) groups is 1. The van der Waals surface area contributed by atoms with Crippen molar-refractivity contribution in [2.75, 3.05) is 43.4 Å². The molecule has 2 aliphatic heterocycles. The third-order valence-corrected chi connectivity index (χ3v) is 9.00. The number of anilines is 1. The van der Waals surface area contributed by atoms with Crippen molar-refractivity contribution in [1.82, 2.24) is 9.47 Å². The zero-order valence-electron chi connectivity index (χ0n) is 21.7. The fourth-order valence-corrected chi connectivity index (χ4v) is 6.91. The van der Waals surface area contributed by atoms with E-state index in [4.69, 9.17) is 4.74 Å². The van der Waals surface area contributed by atoms with Crippen molar-refractivity contribution < 1.29 is 14.3 Å². The first-order valence-corrected chi connectivity index (χ1v) is 14.8. The molecule has 7 nitrogen and oxygen atoms in total. The fraction of sp³-hybridized carbons (Fsp3) is 0.552. The highest BCUT2D eigenvalue weighted by molar-refractivity contribution is 8.04. The number of esters is 1. The maximum atomic E-state index is 13.9. The van der Waals surface area contributed by atoms with Crippen LogP contribution in [0.4, 0.5) is 5.69 Å². The molecule has 0 N–H and O–H groups in total. The number of aryl methyl sites for hydroxylation is 1. The first kappa shape index (κ1) is 25.9. The van der Waals surface area contributed by atoms with Crippen molar-refractivity contribution in [1.29, 1.82) is 0 Å². The predicted molar refractivity (Wildman–Crippen MR) is 149 cm³/mol. The van der Waals surface area contributed by atoms with Crippen molar-refractivity contribution in [2.45, 2.75) is 58.4 Å². The molecule has 8 heteroatoms. The third-order valence-electron chi connectivity index (χ3n) is 7.91. The average molecular weight is 524 g/mol. The number of fused-ring (bicyclic) bond motifs is 1. The lowest BCUT2D eigenvalue weighted by Crippen LogP contribution is -2.50. The second-order valence-electron chi connectivity index (χ2n) is 10.2. The summed E-state index contributed by atoms with van der Waals surface area (Å²) >= 11 is 1.62. The van der Waals surface area contributed by atoms with E-state index < -0.39 is 5.97 Å². The maximum Gasteiger partial charge on any atom is 0.345 e. The molecule has 5 rings (SSSR count). The molecule has 0 unspecified atom stereocenters. The molecule has 198 valence electrons. The lowest BCUT2D eigenvalue weighted by atomic mass is 9.87. The summed E-state index contributed by atoms with van der Waals surface area (Å²) in [5.74, 6) is 1.12. The van der Waals surface area contributed by atoms with Gasteiger partial charge in [0.25, 0.3) is 11.5 Å². The number of ether oxygens (including phenoxy) is 1. The van der Waals surface area contributed by atoms with Gasteiger partial charge in [0.15, 0.2) is 0 Å². The zero-order chi connectivity index (χ0) is 25.8. The van der Waals surface area contributed by atoms with Crippen LogP contribution in [-0.4, -0.2) is 59.9 Å². The normalized spacial score (nSPS) is 18.8. The summed E-state index contributed by atoms with van der Waals surface area (Å²) < 4.78 is 7.21. The molecule has 3 heterocycles. The largest absolute Gasteiger partial charge is 0.462 e. The highest BCUT2D eigenvalue weighted by Crippen LogP contribution is 2.33. The van der Waals surface area contributed by atoms with E-state index in [1.165, 1.54) is 32.1 Å². The van der Waals surface area contributed by atoms with Crippen LogP contribution in [0.2, 0.25) is 0 Å². The number of rotatable bonds is 7. The molecule has 1 aromatic carbocycles. The topological polar surface area (TPSA) is 71.8 Å². The van der Waals surface area contributed by atoms with Gasteiger partial charge in [-0.25, -0.2) is 4.79 Å². The Morgan fingerprint density at radius 2 is 1.81 bits per heavy atom. The van der Waals surface area contributed by atoms with Crippen LogP contribution >= 0.6 is 11.8 Å². The Labute approximate surface area is 222 Å². The molecule has 1 aliphatic carbocycles. The van der Waals surface area contributed by atoms with Gasteiger partial charge in [0, 0.05) is 43.9 Å². The molecule has 1 amide bonds. The van der Waals surface area contributed by atoms with Gasteiger partial charge in [-0.1, -0.05) is 56.4 Å². The Balaban J connectivity index is 1.48. The first-order valence-electron chi connectivity index (χ1n) is 13.8. The summed E-state index contributed by atoms with van der Waals surface area (Å²) in [6, 6.07) is 7.90. The molecule has 1 saturated carbocycles. The lowest BCUT2D eigenvalue weighted by molar-refractivity contribution is -0.126. The standard InChI is InChI=1S/C29H37N3O4S/c1-2-36-29(35)25-26(30-16-18-31(19-17-30)27(33)24-13-8-20-37-24)22-11-6-7-12-23(22)32(28(25)34)15-14-21-9-4-3-5-10-21/h6-7,11-13,21H,2-5,8-10,14-20H2,1H3. The molecule has 2 fully saturated rings. The molecular weight excluding hydrogens is 486 g/mol. The number of benzene rings is 1. The number of para-hydroxylation sites is 1. The minimum atomic E-state index is -0.564. The van der Waals surface area contributed by atoms with Gasteiger partial charge >= 0.3 is 5.97 Å². The Morgan fingerprint density at radius 3 is 2.51 bits per heavy atom. The molecule has 3 aliphatic rings. The number of pyridine rings is 1. The molecule has 0 radical (unpaired) electrons. The summed E-state index contributed by atoms with van der Waals surface area (Å²) in [5.41, 5.74) is 1.36. The van der Waals surface area contributed by atoms with Crippen molar-refractivity contribution in [3.8, 4) is 0 Å². The minimum Gasteiger partial charge on any atom is -0.462 e. The number of nitrogens with zero attached hydrogens (tertiary/aromatic N) is 3. The molecule has 0 bridgehead atoms. The second kappa shape index (κ2) is 11.8. The van der Waals surface area contributed by atoms with Crippen molar-refractivity contribution >= 4 is 40.2 Å². The summed E-state index contributed by atoms with van der Waals surface area (Å²) in [5, 5.41) is 0.891. The van der Waals surface area contributed by atoms with Crippen LogP contribution < -0.4 is 10.5 Å². The van der Waals surface area contributed by atoms with Crippen molar-refractivity contribution in [2.24, 2.45) is 5.92 Å². The molecule has 0 atom stereocenters. The van der Waals surface area contributed by atoms with Gasteiger partial charge in [0.05, 0.1) is 22.7 Å². The lowest BCUT2D eigenvalue weighted by Gasteiger charge is -2.37. The highest BCUT2D eigenvalue weighted by Gasteiger charge is 2.31. The van der Waals surface area contributed by atoms with Crippen LogP contribution in [0.25, 0.3) is 10.9 Å². The zero-order valence-corrected chi connectivity index (χ0v) is 22.6. The SMILES string of the molecule is CCOC(=O)c1c(N2CCN(C(=O)C3=CCCS3)CC2)c2ccccc2n(CCC2CCCCC2)c1=O. The average Bonchev–Trinajstić information content (AvgIpc) is 3.47. The van der Waals surface area contributed by atoms with E-state index in [9.17, 15) is 14.4 Å². The van der Waals surface area contributed by atoms with E-state index in [1.807, 2.05) is 35.2 Å². The van der Waals surface area contributed by atoms with Crippen molar-refractivity contribution in [3.63, 3.8) is 0 Å². The van der Waals surface area contributed by atoms with E-state index in [1.54, 1.807) is 23.3 Å². The van der Waals surface area contributed by atoms with Crippen LogP contribution in [0.3, 0.4) is 0 Å². The second-order valence-corrected chi connectivity index (χ2v) is 11.3. The van der Waals surface area contributed by atoms with E-state index in [0.717, 1.165) is 34.4 Å². The van der Waals surface area contributed by atoms with E-state index >= 15 is 0 Å². The molecule has 37 heavy (non-hydrogen) atoms. The van der Waals surface area contributed by atoms with Gasteiger partial charge in [-0.3, -0.25) is 9.59 Å². The minimum absolute atomic E-state index is 0.0933. The number of carbonyl (C=O) groups is 2. The monoisotopic (exact) mass is 523 g/mol. The molecule has 1 aromatic heterocycles. The summed E-state index contributed by atoms with van der Waals surface area (Å²) in [6.45, 7) is 4.81. The Bertz CT molecular complexity index is 1240. The number of aromatic nitrogens is 1. The predicted octanol–water partition coefficient (Wildman–Crippen LogP) is 4.82. The fourth-order valence-electron chi connectivity index (χ4n) is 5.97. The van der Waals surface area contributed by atoms with E-state index in [-0.39, 0.29) is 23.6 Å². The highest BCUT2D eigenvalue weighted by atomic mass is 32.2. The van der Waals surface area contributed by atoms with Gasteiger partial charge in [-0.05, 0) is 31.7 Å². The third kappa shape index (κ3) is 5.44. The van der Waals surface area contributed by atoms with Gasteiger partial charge in [0.2, 0.25) is 0 Å². The molecule has 0 spiro atoms. The van der Waals surface area contributed by atoms with Crippen LogP contribution in [0.5, 0.6) is 0 Å². The Kier molecular flexibility index (Phi) is 8.23. The number of piperazine rings is 1. The van der Waals surface area contributed by atoms with Crippen LogP contribution in [-0.2, 0) is 16.1 Å². The maximum absolute atomic E-state index is 13.9. The molecule has 2 aromatic rings. The van der Waals surface area contributed by atoms with Crippen LogP contribution in [0.15, 0.2) is 40.0 Å². The number of allylic oxidation sites excluding steroid dienone is 1. The molecular formula is C29H37N3O4S.